The second kappa shape index (κ2) is 8.05. The molecule has 24 heavy (non-hydrogen) atoms. The van der Waals surface area contributed by atoms with Crippen molar-refractivity contribution in [3.8, 4) is 11.8 Å². The largest absolute Gasteiger partial charge is 0.481 e. The Morgan fingerprint density at radius 2 is 1.96 bits per heavy atom. The third-order valence-corrected chi connectivity index (χ3v) is 4.00. The Hall–Kier alpha value is -2.22. The van der Waals surface area contributed by atoms with Gasteiger partial charge in [-0.3, -0.25) is 4.79 Å². The summed E-state index contributed by atoms with van der Waals surface area (Å²) in [6.07, 6.45) is -0.715. The van der Waals surface area contributed by atoms with Gasteiger partial charge in [-0.15, -0.1) is 0 Å². The number of hydrogen-bond donors (Lipinski definition) is 1. The zero-order valence-electron chi connectivity index (χ0n) is 13.2. The minimum absolute atomic E-state index is 0.282. The maximum absolute atomic E-state index is 12.3. The fourth-order valence-corrected chi connectivity index (χ4v) is 2.73. The van der Waals surface area contributed by atoms with Crippen LogP contribution in [0.5, 0.6) is 5.75 Å². The van der Waals surface area contributed by atoms with Gasteiger partial charge in [-0.25, -0.2) is 0 Å². The molecule has 0 aromatic heterocycles. The van der Waals surface area contributed by atoms with Crippen LogP contribution in [-0.4, -0.2) is 12.0 Å². The number of rotatable bonds is 5. The molecule has 2 aromatic rings. The average Bonchev–Trinajstić information content (AvgIpc) is 2.54. The molecule has 2 atom stereocenters. The fourth-order valence-electron chi connectivity index (χ4n) is 2.16. The second-order valence-electron chi connectivity index (χ2n) is 5.30. The van der Waals surface area contributed by atoms with Crippen LogP contribution >= 0.6 is 23.2 Å². The lowest BCUT2D eigenvalue weighted by atomic mass is 10.1. The number of carbonyl (C=O) groups excluding carboxylic acids is 1. The molecule has 4 nitrogen and oxygen atoms in total. The lowest BCUT2D eigenvalue weighted by molar-refractivity contribution is -0.127. The van der Waals surface area contributed by atoms with E-state index in [0.717, 1.165) is 5.56 Å². The van der Waals surface area contributed by atoms with Gasteiger partial charge in [-0.05, 0) is 49.7 Å². The molecule has 0 saturated carbocycles. The molecule has 2 aromatic carbocycles. The van der Waals surface area contributed by atoms with Crippen LogP contribution in [0.2, 0.25) is 10.0 Å². The zero-order valence-corrected chi connectivity index (χ0v) is 14.7. The van der Waals surface area contributed by atoms with Crippen LogP contribution in [0.25, 0.3) is 0 Å². The highest BCUT2D eigenvalue weighted by Gasteiger charge is 2.19. The Labute approximate surface area is 151 Å². The quantitative estimate of drug-likeness (QED) is 0.850. The molecule has 6 heteroatoms. The predicted octanol–water partition coefficient (Wildman–Crippen LogP) is 4.51. The smallest absolute Gasteiger partial charge is 0.261 e. The van der Waals surface area contributed by atoms with E-state index in [0.29, 0.717) is 21.4 Å². The van der Waals surface area contributed by atoms with Crippen LogP contribution in [0.3, 0.4) is 0 Å². The van der Waals surface area contributed by atoms with Gasteiger partial charge >= 0.3 is 0 Å². The maximum atomic E-state index is 12.3. The highest BCUT2D eigenvalue weighted by atomic mass is 35.5. The number of nitrogens with zero attached hydrogens (tertiary/aromatic N) is 1. The zero-order chi connectivity index (χ0) is 17.7. The molecule has 0 radical (unpaired) electrons. The van der Waals surface area contributed by atoms with E-state index in [9.17, 15) is 4.79 Å². The van der Waals surface area contributed by atoms with E-state index in [1.54, 1.807) is 49.4 Å². The summed E-state index contributed by atoms with van der Waals surface area (Å²) in [7, 11) is 0. The summed E-state index contributed by atoms with van der Waals surface area (Å²) >= 11 is 12.0. The number of amides is 1. The minimum atomic E-state index is -0.715. The molecule has 0 spiro atoms. The Morgan fingerprint density at radius 1 is 1.21 bits per heavy atom. The molecule has 2 rings (SSSR count). The van der Waals surface area contributed by atoms with Crippen molar-refractivity contribution in [1.29, 1.82) is 5.26 Å². The van der Waals surface area contributed by atoms with E-state index >= 15 is 0 Å². The van der Waals surface area contributed by atoms with Crippen molar-refractivity contribution in [3.05, 3.63) is 63.6 Å². The first-order valence-electron chi connectivity index (χ1n) is 7.33. The molecule has 0 aliphatic carbocycles. The molecule has 0 heterocycles. The second-order valence-corrected chi connectivity index (χ2v) is 6.14. The summed E-state index contributed by atoms with van der Waals surface area (Å²) in [5.74, 6) is 0.185. The van der Waals surface area contributed by atoms with Crippen LogP contribution in [-0.2, 0) is 4.79 Å². The van der Waals surface area contributed by atoms with Gasteiger partial charge in [-0.1, -0.05) is 35.3 Å². The molecule has 124 valence electrons. The van der Waals surface area contributed by atoms with Crippen LogP contribution in [0.15, 0.2) is 42.5 Å². The van der Waals surface area contributed by atoms with Crippen molar-refractivity contribution in [1.82, 2.24) is 5.32 Å². The van der Waals surface area contributed by atoms with Gasteiger partial charge in [0, 0.05) is 10.0 Å². The van der Waals surface area contributed by atoms with E-state index in [1.165, 1.54) is 0 Å². The Morgan fingerprint density at radius 3 is 2.62 bits per heavy atom. The molecule has 0 aliphatic rings. The maximum Gasteiger partial charge on any atom is 0.261 e. The van der Waals surface area contributed by atoms with Crippen LogP contribution in [0, 0.1) is 11.3 Å². The molecular formula is C18H16Cl2N2O2. The van der Waals surface area contributed by atoms with Crippen LogP contribution in [0.4, 0.5) is 0 Å². The number of ether oxygens (including phenoxy) is 1. The van der Waals surface area contributed by atoms with Crippen molar-refractivity contribution in [2.75, 3.05) is 0 Å². The third-order valence-electron chi connectivity index (χ3n) is 3.43. The third kappa shape index (κ3) is 4.64. The summed E-state index contributed by atoms with van der Waals surface area (Å²) in [6, 6.07) is 13.5. The molecule has 0 aliphatic heterocycles. The summed E-state index contributed by atoms with van der Waals surface area (Å²) in [5.41, 5.74) is 1.24. The van der Waals surface area contributed by atoms with Gasteiger partial charge in [0.2, 0.25) is 0 Å². The first-order chi connectivity index (χ1) is 11.4. The van der Waals surface area contributed by atoms with Gasteiger partial charge < -0.3 is 10.1 Å². The number of nitriles is 1. The van der Waals surface area contributed by atoms with E-state index < -0.39 is 6.10 Å². The molecule has 1 amide bonds. The Balaban J connectivity index is 2.01. The molecule has 0 fully saturated rings. The predicted molar refractivity (Wildman–Crippen MR) is 94.3 cm³/mol. The lowest BCUT2D eigenvalue weighted by Crippen LogP contribution is -2.37. The van der Waals surface area contributed by atoms with Crippen LogP contribution < -0.4 is 10.1 Å². The molecular weight excluding hydrogens is 347 g/mol. The minimum Gasteiger partial charge on any atom is -0.481 e. The molecule has 0 saturated heterocycles. The number of carbonyl (C=O) groups is 1. The van der Waals surface area contributed by atoms with Gasteiger partial charge in [0.1, 0.15) is 5.75 Å². The van der Waals surface area contributed by atoms with Crippen LogP contribution in [0.1, 0.15) is 31.0 Å². The number of nitrogens with one attached hydrogen (secondary N) is 1. The average molecular weight is 363 g/mol. The van der Waals surface area contributed by atoms with E-state index in [-0.39, 0.29) is 11.9 Å². The van der Waals surface area contributed by atoms with Crippen molar-refractivity contribution in [2.24, 2.45) is 0 Å². The van der Waals surface area contributed by atoms with Gasteiger partial charge in [0.15, 0.2) is 6.10 Å². The monoisotopic (exact) mass is 362 g/mol. The summed E-state index contributed by atoms with van der Waals surface area (Å²) in [6.45, 7) is 3.47. The topological polar surface area (TPSA) is 62.1 Å². The summed E-state index contributed by atoms with van der Waals surface area (Å²) < 4.78 is 5.59. The fraction of sp³-hybridized carbons (Fsp3) is 0.222. The Bertz CT molecular complexity index is 787. The number of hydrogen-bond acceptors (Lipinski definition) is 3. The molecule has 1 N–H and O–H groups in total. The van der Waals surface area contributed by atoms with Gasteiger partial charge in [-0.2, -0.15) is 5.26 Å². The van der Waals surface area contributed by atoms with Crippen molar-refractivity contribution < 1.29 is 9.53 Å². The summed E-state index contributed by atoms with van der Waals surface area (Å²) in [4.78, 5) is 12.3. The highest BCUT2D eigenvalue weighted by molar-refractivity contribution is 6.35. The SMILES string of the molecule is C[C@@H](Oc1cccc(C#N)c1)C(=O)N[C@H](C)c1ccc(Cl)cc1Cl. The number of benzene rings is 2. The van der Waals surface area contributed by atoms with Gasteiger partial charge in [0.05, 0.1) is 17.7 Å². The molecule has 0 bridgehead atoms. The van der Waals surface area contributed by atoms with Crippen molar-refractivity contribution in [3.63, 3.8) is 0 Å². The van der Waals surface area contributed by atoms with E-state index in [4.69, 9.17) is 33.2 Å². The van der Waals surface area contributed by atoms with Crippen molar-refractivity contribution >= 4 is 29.1 Å². The summed E-state index contributed by atoms with van der Waals surface area (Å²) in [5, 5.41) is 12.8. The highest BCUT2D eigenvalue weighted by Crippen LogP contribution is 2.26. The van der Waals surface area contributed by atoms with Gasteiger partial charge in [0.25, 0.3) is 5.91 Å². The number of halogens is 2. The Kier molecular flexibility index (Phi) is 6.08. The standard InChI is InChI=1S/C18H16Cl2N2O2/c1-11(16-7-6-14(19)9-17(16)20)22-18(23)12(2)24-15-5-3-4-13(8-15)10-21/h3-9,11-12H,1-2H3,(H,22,23)/t11-,12-/m1/s1. The van der Waals surface area contributed by atoms with E-state index in [2.05, 4.69) is 5.32 Å². The molecule has 0 unspecified atom stereocenters. The normalized spacial score (nSPS) is 12.8. The first-order valence-corrected chi connectivity index (χ1v) is 8.08. The lowest BCUT2D eigenvalue weighted by Gasteiger charge is -2.20. The first kappa shape index (κ1) is 18.1. The van der Waals surface area contributed by atoms with E-state index in [1.807, 2.05) is 13.0 Å². The van der Waals surface area contributed by atoms with Crippen molar-refractivity contribution in [2.45, 2.75) is 26.0 Å².